The lowest BCUT2D eigenvalue weighted by Crippen LogP contribution is -2.29. The molecular weight excluding hydrogens is 521 g/mol. The van der Waals surface area contributed by atoms with E-state index in [2.05, 4.69) is 6.58 Å². The van der Waals surface area contributed by atoms with Gasteiger partial charge in [0.25, 0.3) is 5.91 Å². The Bertz CT molecular complexity index is 1580. The minimum atomic E-state index is -4.52. The molecule has 0 N–H and O–H groups in total. The number of hydrogen-bond acceptors (Lipinski definition) is 4. The molecule has 4 nitrogen and oxygen atoms in total. The number of benzene rings is 3. The van der Waals surface area contributed by atoms with Gasteiger partial charge in [0.1, 0.15) is 11.5 Å². The number of furan rings is 1. The number of amides is 1. The molecule has 2 heterocycles. The van der Waals surface area contributed by atoms with E-state index in [1.807, 2.05) is 42.5 Å². The maximum Gasteiger partial charge on any atom is 0.416 e. The van der Waals surface area contributed by atoms with Crippen molar-refractivity contribution in [2.24, 2.45) is 4.99 Å². The first-order valence-electron chi connectivity index (χ1n) is 11.1. The van der Waals surface area contributed by atoms with Gasteiger partial charge in [-0.25, -0.2) is 4.99 Å². The molecule has 1 saturated heterocycles. The lowest BCUT2D eigenvalue weighted by Gasteiger charge is -2.13. The molecule has 37 heavy (non-hydrogen) atoms. The Labute approximate surface area is 219 Å². The Hall–Kier alpha value is -3.75. The molecule has 0 spiro atoms. The largest absolute Gasteiger partial charge is 0.457 e. The zero-order chi connectivity index (χ0) is 26.2. The summed E-state index contributed by atoms with van der Waals surface area (Å²) in [5, 5.41) is 2.59. The monoisotopic (exact) mass is 538 g/mol. The van der Waals surface area contributed by atoms with Crippen LogP contribution in [0.4, 0.5) is 18.9 Å². The molecule has 0 atom stereocenters. The number of rotatable bonds is 5. The number of hydrogen-bond donors (Lipinski definition) is 0. The Balaban J connectivity index is 1.49. The number of halogens is 4. The highest BCUT2D eigenvalue weighted by Crippen LogP contribution is 2.39. The van der Waals surface area contributed by atoms with E-state index < -0.39 is 11.7 Å². The second-order valence-corrected chi connectivity index (χ2v) is 9.52. The van der Waals surface area contributed by atoms with Crippen LogP contribution in [0.5, 0.6) is 0 Å². The van der Waals surface area contributed by atoms with Gasteiger partial charge in [-0.15, -0.1) is 6.58 Å². The molecule has 3 aromatic carbocycles. The summed E-state index contributed by atoms with van der Waals surface area (Å²) in [6.07, 6.45) is -1.36. The van der Waals surface area contributed by atoms with Gasteiger partial charge in [0.2, 0.25) is 0 Å². The van der Waals surface area contributed by atoms with Crippen LogP contribution in [0.3, 0.4) is 0 Å². The van der Waals surface area contributed by atoms with E-state index >= 15 is 0 Å². The van der Waals surface area contributed by atoms with E-state index in [0.717, 1.165) is 28.6 Å². The summed E-state index contributed by atoms with van der Waals surface area (Å²) < 4.78 is 45.3. The van der Waals surface area contributed by atoms with Crippen molar-refractivity contribution in [1.82, 2.24) is 4.90 Å². The average Bonchev–Trinajstić information content (AvgIpc) is 3.44. The van der Waals surface area contributed by atoms with Gasteiger partial charge in [-0.1, -0.05) is 54.1 Å². The molecule has 1 fully saturated rings. The van der Waals surface area contributed by atoms with Gasteiger partial charge in [-0.05, 0) is 53.5 Å². The summed E-state index contributed by atoms with van der Waals surface area (Å²) in [6, 6.07) is 19.7. The SMILES string of the molecule is C=CCN1C(=O)/C(=C/c2ccc(-c3cc(C(F)(F)F)ccc3Cl)o2)SC1=Nc1cccc2ccccc12. The Morgan fingerprint density at radius 2 is 1.84 bits per heavy atom. The third-order valence-electron chi connectivity index (χ3n) is 5.64. The highest BCUT2D eigenvalue weighted by molar-refractivity contribution is 8.18. The first-order valence-corrected chi connectivity index (χ1v) is 12.3. The normalized spacial score (nSPS) is 16.3. The van der Waals surface area contributed by atoms with Gasteiger partial charge in [0.15, 0.2) is 5.17 Å². The lowest BCUT2D eigenvalue weighted by atomic mass is 10.1. The van der Waals surface area contributed by atoms with Gasteiger partial charge in [-0.3, -0.25) is 9.69 Å². The minimum absolute atomic E-state index is 0.109. The summed E-state index contributed by atoms with van der Waals surface area (Å²) >= 11 is 7.33. The standard InChI is InChI=1S/C28H18ClF3N2O2S/c1-2-14-34-26(35)25(37-27(34)33-23-9-5-7-17-6-3-4-8-20(17)23)16-19-11-13-24(36-19)21-15-18(28(30,31)32)10-12-22(21)29/h2-13,15-16H,1,14H2/b25-16-,33-27?. The molecule has 186 valence electrons. The first kappa shape index (κ1) is 24.9. The molecule has 1 aliphatic rings. The van der Waals surface area contributed by atoms with Crippen LogP contribution in [0.2, 0.25) is 5.02 Å². The molecule has 1 amide bonds. The number of aliphatic imine (C=N–C) groups is 1. The summed E-state index contributed by atoms with van der Waals surface area (Å²) in [4.78, 5) is 19.8. The van der Waals surface area contributed by atoms with Crippen LogP contribution in [0.15, 0.2) is 99.8 Å². The van der Waals surface area contributed by atoms with Crippen molar-refractivity contribution in [2.45, 2.75) is 6.18 Å². The van der Waals surface area contributed by atoms with Crippen molar-refractivity contribution in [2.75, 3.05) is 6.54 Å². The zero-order valence-electron chi connectivity index (χ0n) is 19.1. The van der Waals surface area contributed by atoms with Crippen molar-refractivity contribution in [3.63, 3.8) is 0 Å². The van der Waals surface area contributed by atoms with Crippen LogP contribution in [-0.2, 0) is 11.0 Å². The zero-order valence-corrected chi connectivity index (χ0v) is 20.7. The summed E-state index contributed by atoms with van der Waals surface area (Å²) in [7, 11) is 0. The van der Waals surface area contributed by atoms with Crippen molar-refractivity contribution in [1.29, 1.82) is 0 Å². The fraction of sp³-hybridized carbons (Fsp3) is 0.0714. The van der Waals surface area contributed by atoms with E-state index in [0.29, 0.717) is 15.8 Å². The fourth-order valence-corrected chi connectivity index (χ4v) is 5.08. The molecule has 0 aliphatic carbocycles. The molecule has 0 unspecified atom stereocenters. The average molecular weight is 539 g/mol. The second kappa shape index (κ2) is 9.95. The number of thioether (sulfide) groups is 1. The topological polar surface area (TPSA) is 45.8 Å². The van der Waals surface area contributed by atoms with Gasteiger partial charge in [-0.2, -0.15) is 13.2 Å². The van der Waals surface area contributed by atoms with Crippen LogP contribution >= 0.6 is 23.4 Å². The van der Waals surface area contributed by atoms with Crippen LogP contribution in [-0.4, -0.2) is 22.5 Å². The fourth-order valence-electron chi connectivity index (χ4n) is 3.89. The molecule has 0 radical (unpaired) electrons. The Morgan fingerprint density at radius 3 is 2.62 bits per heavy atom. The van der Waals surface area contributed by atoms with Crippen molar-refractivity contribution in [3.05, 3.63) is 107 Å². The predicted molar refractivity (Wildman–Crippen MR) is 143 cm³/mol. The van der Waals surface area contributed by atoms with Crippen LogP contribution < -0.4 is 0 Å². The van der Waals surface area contributed by atoms with Gasteiger partial charge in [0, 0.05) is 23.6 Å². The molecule has 0 bridgehead atoms. The van der Waals surface area contributed by atoms with E-state index in [1.165, 1.54) is 28.8 Å². The Kier molecular flexibility index (Phi) is 6.70. The van der Waals surface area contributed by atoms with Crippen LogP contribution in [0.25, 0.3) is 28.2 Å². The Morgan fingerprint density at radius 1 is 1.05 bits per heavy atom. The molecule has 0 saturated carbocycles. The highest BCUT2D eigenvalue weighted by Gasteiger charge is 2.33. The number of amidine groups is 1. The molecular formula is C28H18ClF3N2O2S. The van der Waals surface area contributed by atoms with Gasteiger partial charge >= 0.3 is 6.18 Å². The quantitative estimate of drug-likeness (QED) is 0.189. The van der Waals surface area contributed by atoms with Crippen molar-refractivity contribution in [3.8, 4) is 11.3 Å². The second-order valence-electron chi connectivity index (χ2n) is 8.10. The smallest absolute Gasteiger partial charge is 0.416 e. The van der Waals surface area contributed by atoms with Crippen molar-refractivity contribution < 1.29 is 22.4 Å². The van der Waals surface area contributed by atoms with E-state index in [-0.39, 0.29) is 28.8 Å². The predicted octanol–water partition coefficient (Wildman–Crippen LogP) is 8.56. The van der Waals surface area contributed by atoms with Crippen LogP contribution in [0, 0.1) is 0 Å². The molecule has 9 heteroatoms. The molecule has 5 rings (SSSR count). The lowest BCUT2D eigenvalue weighted by molar-refractivity contribution is -0.137. The summed E-state index contributed by atoms with van der Waals surface area (Å²) in [5.74, 6) is 0.175. The van der Waals surface area contributed by atoms with E-state index in [4.69, 9.17) is 21.0 Å². The molecule has 4 aromatic rings. The summed E-state index contributed by atoms with van der Waals surface area (Å²) in [6.45, 7) is 4.00. The molecule has 1 aromatic heterocycles. The number of alkyl halides is 3. The first-order chi connectivity index (χ1) is 17.7. The van der Waals surface area contributed by atoms with Gasteiger partial charge < -0.3 is 4.42 Å². The minimum Gasteiger partial charge on any atom is -0.457 e. The van der Waals surface area contributed by atoms with Crippen LogP contribution in [0.1, 0.15) is 11.3 Å². The van der Waals surface area contributed by atoms with Crippen molar-refractivity contribution >= 4 is 57.0 Å². The van der Waals surface area contributed by atoms with Gasteiger partial charge in [0.05, 0.1) is 21.2 Å². The maximum atomic E-state index is 13.2. The number of nitrogens with zero attached hydrogens (tertiary/aromatic N) is 2. The number of fused-ring (bicyclic) bond motifs is 1. The third-order valence-corrected chi connectivity index (χ3v) is 6.98. The third kappa shape index (κ3) is 5.08. The molecule has 1 aliphatic heterocycles. The number of carbonyl (C=O) groups excluding carboxylic acids is 1. The maximum absolute atomic E-state index is 13.2. The highest BCUT2D eigenvalue weighted by atomic mass is 35.5. The van der Waals surface area contributed by atoms with E-state index in [9.17, 15) is 18.0 Å². The summed E-state index contributed by atoms with van der Waals surface area (Å²) in [5.41, 5.74) is 0.000284. The van der Waals surface area contributed by atoms with E-state index in [1.54, 1.807) is 18.2 Å². The number of carbonyl (C=O) groups is 1.